The van der Waals surface area contributed by atoms with Crippen molar-refractivity contribution < 1.29 is 19.4 Å². The van der Waals surface area contributed by atoms with Crippen LogP contribution in [0.3, 0.4) is 0 Å². The molecule has 1 aromatic heterocycles. The third-order valence-electron chi connectivity index (χ3n) is 4.26. The lowest BCUT2D eigenvalue weighted by molar-refractivity contribution is -0.0605. The Bertz CT molecular complexity index is 707. The molecule has 0 atom stereocenters. The predicted molar refractivity (Wildman–Crippen MR) is 98.3 cm³/mol. The Morgan fingerprint density at radius 3 is 2.72 bits per heavy atom. The van der Waals surface area contributed by atoms with E-state index in [0.29, 0.717) is 43.3 Å². The number of hydrogen-bond acceptors (Lipinski definition) is 5. The Morgan fingerprint density at radius 1 is 1.32 bits per heavy atom. The molecule has 1 saturated heterocycles. The van der Waals surface area contributed by atoms with Gasteiger partial charge in [0.15, 0.2) is 0 Å². The molecule has 25 heavy (non-hydrogen) atoms. The maximum absolute atomic E-state index is 12.6. The lowest BCUT2D eigenvalue weighted by atomic mass is 9.94. The van der Waals surface area contributed by atoms with E-state index >= 15 is 0 Å². The molecular formula is C19H23NO4S. The number of benzene rings is 1. The first kappa shape index (κ1) is 17.9. The molecule has 0 saturated carbocycles. The summed E-state index contributed by atoms with van der Waals surface area (Å²) in [5, 5.41) is 13.4. The first-order chi connectivity index (χ1) is 12.1. The zero-order valence-corrected chi connectivity index (χ0v) is 15.1. The van der Waals surface area contributed by atoms with Crippen molar-refractivity contribution in [3.05, 3.63) is 41.3 Å². The second-order valence-electron chi connectivity index (χ2n) is 6.12. The normalized spacial score (nSPS) is 16.4. The van der Waals surface area contributed by atoms with E-state index in [2.05, 4.69) is 5.32 Å². The summed E-state index contributed by atoms with van der Waals surface area (Å²) in [6, 6.07) is 11.8. The Morgan fingerprint density at radius 2 is 2.04 bits per heavy atom. The highest BCUT2D eigenvalue weighted by atomic mass is 32.1. The molecule has 5 nitrogen and oxygen atoms in total. The van der Waals surface area contributed by atoms with Crippen molar-refractivity contribution in [1.82, 2.24) is 5.32 Å². The van der Waals surface area contributed by atoms with Gasteiger partial charge in [-0.25, -0.2) is 0 Å². The van der Waals surface area contributed by atoms with Crippen LogP contribution in [-0.4, -0.2) is 43.0 Å². The molecule has 1 aromatic carbocycles. The van der Waals surface area contributed by atoms with Gasteiger partial charge in [-0.05, 0) is 18.6 Å². The summed E-state index contributed by atoms with van der Waals surface area (Å²) in [5.74, 6) is 0.373. The maximum Gasteiger partial charge on any atom is 0.265 e. The van der Waals surface area contributed by atoms with Gasteiger partial charge < -0.3 is 19.9 Å². The molecule has 2 heterocycles. The molecule has 0 radical (unpaired) electrons. The van der Waals surface area contributed by atoms with E-state index in [1.54, 1.807) is 0 Å². The van der Waals surface area contributed by atoms with E-state index in [1.165, 1.54) is 11.3 Å². The molecule has 6 heteroatoms. The van der Waals surface area contributed by atoms with Crippen molar-refractivity contribution in [2.75, 3.05) is 26.4 Å². The number of hydrogen-bond donors (Lipinski definition) is 2. The fourth-order valence-electron chi connectivity index (χ4n) is 2.79. The Balaban J connectivity index is 1.75. The average molecular weight is 361 g/mol. The lowest BCUT2D eigenvalue weighted by Gasteiger charge is -2.32. The summed E-state index contributed by atoms with van der Waals surface area (Å²) in [6.45, 7) is 3.65. The highest BCUT2D eigenvalue weighted by Crippen LogP contribution is 2.36. The molecule has 0 spiro atoms. The average Bonchev–Trinajstić information content (AvgIpc) is 3.06. The summed E-state index contributed by atoms with van der Waals surface area (Å²) in [5.41, 5.74) is 0.162. The number of carbonyl (C=O) groups is 1. The van der Waals surface area contributed by atoms with Gasteiger partial charge in [-0.2, -0.15) is 0 Å². The van der Waals surface area contributed by atoms with Crippen molar-refractivity contribution in [2.45, 2.75) is 25.4 Å². The van der Waals surface area contributed by atoms with Crippen LogP contribution in [0, 0.1) is 0 Å². The van der Waals surface area contributed by atoms with Crippen LogP contribution in [0.2, 0.25) is 0 Å². The van der Waals surface area contributed by atoms with Gasteiger partial charge in [0.25, 0.3) is 5.91 Å². The van der Waals surface area contributed by atoms with E-state index in [-0.39, 0.29) is 12.5 Å². The first-order valence-corrected chi connectivity index (χ1v) is 9.33. The molecule has 1 aliphatic rings. The number of rotatable bonds is 6. The molecule has 134 valence electrons. The molecular weight excluding hydrogens is 338 g/mol. The van der Waals surface area contributed by atoms with Gasteiger partial charge in [-0.1, -0.05) is 30.3 Å². The van der Waals surface area contributed by atoms with Crippen molar-refractivity contribution in [3.8, 4) is 16.2 Å². The fraction of sp³-hybridized carbons (Fsp3) is 0.421. The number of amides is 1. The van der Waals surface area contributed by atoms with E-state index in [1.807, 2.05) is 43.3 Å². The van der Waals surface area contributed by atoms with Crippen LogP contribution >= 0.6 is 11.3 Å². The van der Waals surface area contributed by atoms with Gasteiger partial charge in [0.2, 0.25) is 0 Å². The summed E-state index contributed by atoms with van der Waals surface area (Å²) < 4.78 is 10.9. The smallest absolute Gasteiger partial charge is 0.265 e. The first-order valence-electron chi connectivity index (χ1n) is 8.52. The van der Waals surface area contributed by atoms with Crippen LogP contribution in [0.1, 0.15) is 29.4 Å². The van der Waals surface area contributed by atoms with Crippen molar-refractivity contribution >= 4 is 17.2 Å². The van der Waals surface area contributed by atoms with Gasteiger partial charge in [0, 0.05) is 37.5 Å². The minimum absolute atomic E-state index is 0.212. The molecule has 0 unspecified atom stereocenters. The van der Waals surface area contributed by atoms with Crippen LogP contribution in [0.4, 0.5) is 0 Å². The second-order valence-corrected chi connectivity index (χ2v) is 7.17. The SMILES string of the molecule is CCOc1cc(-c2ccccc2)sc1C(=O)NCC1(O)CCOCC1. The van der Waals surface area contributed by atoms with Crippen molar-refractivity contribution in [2.24, 2.45) is 0 Å². The van der Waals surface area contributed by atoms with Gasteiger partial charge in [-0.15, -0.1) is 11.3 Å². The summed E-state index contributed by atoms with van der Waals surface area (Å²) in [6.07, 6.45) is 1.07. The summed E-state index contributed by atoms with van der Waals surface area (Å²) in [7, 11) is 0. The summed E-state index contributed by atoms with van der Waals surface area (Å²) >= 11 is 1.40. The van der Waals surface area contributed by atoms with Gasteiger partial charge in [-0.3, -0.25) is 4.79 Å². The summed E-state index contributed by atoms with van der Waals surface area (Å²) in [4.78, 5) is 14.2. The zero-order chi connectivity index (χ0) is 17.7. The van der Waals surface area contributed by atoms with E-state index in [4.69, 9.17) is 9.47 Å². The molecule has 1 amide bonds. The number of ether oxygens (including phenoxy) is 2. The van der Waals surface area contributed by atoms with Crippen LogP contribution in [0.5, 0.6) is 5.75 Å². The monoisotopic (exact) mass is 361 g/mol. The predicted octanol–water partition coefficient (Wildman–Crippen LogP) is 3.09. The molecule has 1 aliphatic heterocycles. The standard InChI is InChI=1S/C19H23NO4S/c1-2-24-15-12-16(14-6-4-3-5-7-14)25-17(15)18(21)20-13-19(22)8-10-23-11-9-19/h3-7,12,22H,2,8-11,13H2,1H3,(H,20,21). The van der Waals surface area contributed by atoms with Crippen molar-refractivity contribution in [1.29, 1.82) is 0 Å². The highest BCUT2D eigenvalue weighted by molar-refractivity contribution is 7.17. The quantitative estimate of drug-likeness (QED) is 0.830. The third-order valence-corrected chi connectivity index (χ3v) is 5.43. The van der Waals surface area contributed by atoms with Gasteiger partial charge in [0.05, 0.1) is 12.2 Å². The molecule has 0 bridgehead atoms. The van der Waals surface area contributed by atoms with Gasteiger partial charge in [0.1, 0.15) is 10.6 Å². The Hall–Kier alpha value is -1.89. The maximum atomic E-state index is 12.6. The molecule has 3 rings (SSSR count). The molecule has 2 N–H and O–H groups in total. The number of aliphatic hydroxyl groups is 1. The molecule has 1 fully saturated rings. The minimum Gasteiger partial charge on any atom is -0.492 e. The third kappa shape index (κ3) is 4.39. The zero-order valence-electron chi connectivity index (χ0n) is 14.3. The van der Waals surface area contributed by atoms with Gasteiger partial charge >= 0.3 is 0 Å². The Kier molecular flexibility index (Phi) is 5.73. The molecule has 2 aromatic rings. The lowest BCUT2D eigenvalue weighted by Crippen LogP contribution is -2.46. The van der Waals surface area contributed by atoms with E-state index < -0.39 is 5.60 Å². The van der Waals surface area contributed by atoms with Crippen LogP contribution in [0.15, 0.2) is 36.4 Å². The molecule has 0 aliphatic carbocycles. The van der Waals surface area contributed by atoms with Crippen LogP contribution in [0.25, 0.3) is 10.4 Å². The number of nitrogens with one attached hydrogen (secondary N) is 1. The minimum atomic E-state index is -0.890. The number of thiophene rings is 1. The van der Waals surface area contributed by atoms with E-state index in [9.17, 15) is 9.90 Å². The highest BCUT2D eigenvalue weighted by Gasteiger charge is 2.31. The van der Waals surface area contributed by atoms with Crippen LogP contribution < -0.4 is 10.1 Å². The number of carbonyl (C=O) groups excluding carboxylic acids is 1. The largest absolute Gasteiger partial charge is 0.492 e. The fourth-order valence-corrected chi connectivity index (χ4v) is 3.82. The van der Waals surface area contributed by atoms with E-state index in [0.717, 1.165) is 10.4 Å². The van der Waals surface area contributed by atoms with Crippen LogP contribution in [-0.2, 0) is 4.74 Å². The second kappa shape index (κ2) is 7.99. The van der Waals surface area contributed by atoms with Crippen molar-refractivity contribution in [3.63, 3.8) is 0 Å². The Labute approximate surface area is 151 Å². The topological polar surface area (TPSA) is 67.8 Å².